The van der Waals surface area contributed by atoms with E-state index >= 15 is 0 Å². The maximum atomic E-state index is 11.5. The fourth-order valence-electron chi connectivity index (χ4n) is 1.50. The molecule has 0 atom stereocenters. The number of thiophene rings is 1. The number of aromatic nitrogens is 1. The van der Waals surface area contributed by atoms with E-state index in [-0.39, 0.29) is 5.78 Å². The summed E-state index contributed by atoms with van der Waals surface area (Å²) in [5.74, 6) is -0.546. The van der Waals surface area contributed by atoms with Crippen molar-refractivity contribution in [1.29, 1.82) is 0 Å². The number of hydrogen-bond donors (Lipinski definition) is 0. The van der Waals surface area contributed by atoms with E-state index in [1.165, 1.54) is 31.6 Å². The van der Waals surface area contributed by atoms with Crippen LogP contribution >= 0.6 is 11.3 Å². The van der Waals surface area contributed by atoms with Crippen LogP contribution in [0.5, 0.6) is 0 Å². The second kappa shape index (κ2) is 4.02. The molecule has 5 heteroatoms. The van der Waals surface area contributed by atoms with Crippen LogP contribution in [0.2, 0.25) is 0 Å². The molecule has 0 aliphatic rings. The molecular weight excluding hydrogens is 226 g/mol. The van der Waals surface area contributed by atoms with Gasteiger partial charge in [-0.25, -0.2) is 4.79 Å². The molecule has 0 amide bonds. The quantitative estimate of drug-likeness (QED) is 0.592. The summed E-state index contributed by atoms with van der Waals surface area (Å²) in [6.07, 6.45) is 1.39. The molecule has 2 aromatic rings. The van der Waals surface area contributed by atoms with Crippen LogP contribution in [-0.2, 0) is 4.74 Å². The summed E-state index contributed by atoms with van der Waals surface area (Å²) in [5.41, 5.74) is 0.793. The van der Waals surface area contributed by atoms with Gasteiger partial charge in [-0.15, -0.1) is 11.3 Å². The third-order valence-corrected chi connectivity index (χ3v) is 3.17. The van der Waals surface area contributed by atoms with E-state index in [0.29, 0.717) is 16.6 Å². The minimum absolute atomic E-state index is 0.111. The summed E-state index contributed by atoms with van der Waals surface area (Å²) < 4.78 is 5.40. The summed E-state index contributed by atoms with van der Waals surface area (Å²) in [5, 5.41) is 2.53. The highest BCUT2D eigenvalue weighted by atomic mass is 32.1. The Hall–Kier alpha value is -1.75. The van der Waals surface area contributed by atoms with Gasteiger partial charge in [0.15, 0.2) is 5.78 Å². The highest BCUT2D eigenvalue weighted by Crippen LogP contribution is 2.27. The maximum absolute atomic E-state index is 11.5. The molecule has 0 N–H and O–H groups in total. The first-order valence-electron chi connectivity index (χ1n) is 4.60. The van der Waals surface area contributed by atoms with Gasteiger partial charge in [-0.2, -0.15) is 0 Å². The Morgan fingerprint density at radius 3 is 2.81 bits per heavy atom. The molecule has 16 heavy (non-hydrogen) atoms. The number of esters is 1. The third kappa shape index (κ3) is 1.59. The number of carbonyl (C=O) groups excluding carboxylic acids is 2. The van der Waals surface area contributed by atoms with Gasteiger partial charge in [0.2, 0.25) is 0 Å². The lowest BCUT2D eigenvalue weighted by Gasteiger charge is -2.02. The van der Waals surface area contributed by atoms with Crippen LogP contribution < -0.4 is 0 Å². The van der Waals surface area contributed by atoms with Crippen LogP contribution in [0.3, 0.4) is 0 Å². The summed E-state index contributed by atoms with van der Waals surface area (Å²) in [6.45, 7) is 1.46. The number of carbonyl (C=O) groups is 2. The second-order valence-electron chi connectivity index (χ2n) is 3.23. The zero-order valence-corrected chi connectivity index (χ0v) is 9.63. The molecule has 2 aromatic heterocycles. The Balaban J connectivity index is 2.73. The molecule has 0 unspecified atom stereocenters. The van der Waals surface area contributed by atoms with Crippen LogP contribution in [0.25, 0.3) is 10.1 Å². The average molecular weight is 235 g/mol. The van der Waals surface area contributed by atoms with Gasteiger partial charge in [-0.05, 0) is 11.4 Å². The van der Waals surface area contributed by atoms with Gasteiger partial charge in [-0.3, -0.25) is 9.78 Å². The molecule has 0 spiro atoms. The Kier molecular flexibility index (Phi) is 2.70. The number of methoxy groups -OCH3 is 1. The Morgan fingerprint density at radius 2 is 2.19 bits per heavy atom. The fourth-order valence-corrected chi connectivity index (χ4v) is 2.39. The second-order valence-corrected chi connectivity index (χ2v) is 4.15. The Bertz CT molecular complexity index is 574. The van der Waals surface area contributed by atoms with Crippen LogP contribution in [0.1, 0.15) is 27.8 Å². The smallest absolute Gasteiger partial charge is 0.340 e. The summed E-state index contributed by atoms with van der Waals surface area (Å²) in [7, 11) is 1.32. The lowest BCUT2D eigenvalue weighted by Crippen LogP contribution is -2.05. The topological polar surface area (TPSA) is 56.3 Å². The number of nitrogens with zero attached hydrogens (tertiary/aromatic N) is 1. The van der Waals surface area contributed by atoms with Crippen molar-refractivity contribution >= 4 is 33.2 Å². The number of fused-ring (bicyclic) bond motifs is 1. The standard InChI is InChI=1S/C11H9NO3S/c1-6(13)9-7-3-4-16-10(7)8(5-12-9)11(14)15-2/h3-5H,1-2H3. The van der Waals surface area contributed by atoms with Crippen LogP contribution in [0.4, 0.5) is 0 Å². The van der Waals surface area contributed by atoms with Gasteiger partial charge in [-0.1, -0.05) is 0 Å². The van der Waals surface area contributed by atoms with Crippen LogP contribution in [-0.4, -0.2) is 23.8 Å². The first kappa shape index (κ1) is 10.8. The average Bonchev–Trinajstić information content (AvgIpc) is 2.75. The van der Waals surface area contributed by atoms with Gasteiger partial charge >= 0.3 is 5.97 Å². The number of pyridine rings is 1. The van der Waals surface area contributed by atoms with Crippen molar-refractivity contribution in [1.82, 2.24) is 4.98 Å². The van der Waals surface area contributed by atoms with Gasteiger partial charge in [0.25, 0.3) is 0 Å². The van der Waals surface area contributed by atoms with Crippen LogP contribution in [0.15, 0.2) is 17.6 Å². The monoisotopic (exact) mass is 235 g/mol. The van der Waals surface area contributed by atoms with Crippen molar-refractivity contribution < 1.29 is 14.3 Å². The maximum Gasteiger partial charge on any atom is 0.340 e. The van der Waals surface area contributed by atoms with E-state index in [2.05, 4.69) is 9.72 Å². The van der Waals surface area contributed by atoms with E-state index in [4.69, 9.17) is 0 Å². The Morgan fingerprint density at radius 1 is 1.44 bits per heavy atom. The predicted octanol–water partition coefficient (Wildman–Crippen LogP) is 2.29. The van der Waals surface area contributed by atoms with E-state index in [9.17, 15) is 9.59 Å². The molecule has 2 heterocycles. The first-order chi connectivity index (χ1) is 7.65. The normalized spacial score (nSPS) is 10.4. The number of hydrogen-bond acceptors (Lipinski definition) is 5. The van der Waals surface area contributed by atoms with Crippen LogP contribution in [0, 0.1) is 0 Å². The molecule has 0 aliphatic heterocycles. The molecule has 82 valence electrons. The van der Waals surface area contributed by atoms with Gasteiger partial charge in [0, 0.05) is 18.5 Å². The fraction of sp³-hybridized carbons (Fsp3) is 0.182. The minimum Gasteiger partial charge on any atom is -0.465 e. The molecular formula is C11H9NO3S. The molecule has 0 fully saturated rings. The third-order valence-electron chi connectivity index (χ3n) is 2.23. The predicted molar refractivity (Wildman–Crippen MR) is 61.0 cm³/mol. The van der Waals surface area contributed by atoms with E-state index in [1.807, 2.05) is 5.38 Å². The molecule has 4 nitrogen and oxygen atoms in total. The lowest BCUT2D eigenvalue weighted by molar-refractivity contribution is 0.0602. The highest BCUT2D eigenvalue weighted by Gasteiger charge is 2.16. The van der Waals surface area contributed by atoms with E-state index in [0.717, 1.165) is 4.70 Å². The van der Waals surface area contributed by atoms with Crippen molar-refractivity contribution in [2.45, 2.75) is 6.92 Å². The molecule has 0 aromatic carbocycles. The first-order valence-corrected chi connectivity index (χ1v) is 5.48. The van der Waals surface area contributed by atoms with Gasteiger partial charge in [0.05, 0.1) is 17.4 Å². The minimum atomic E-state index is -0.435. The molecule has 0 saturated heterocycles. The number of Topliss-reactive ketones (excluding diaryl/α,β-unsaturated/α-hetero) is 1. The molecule has 0 radical (unpaired) electrons. The summed E-state index contributed by atoms with van der Waals surface area (Å²) >= 11 is 1.40. The van der Waals surface area contributed by atoms with E-state index in [1.54, 1.807) is 6.07 Å². The van der Waals surface area contributed by atoms with Crippen molar-refractivity contribution in [3.63, 3.8) is 0 Å². The zero-order valence-electron chi connectivity index (χ0n) is 8.81. The van der Waals surface area contributed by atoms with E-state index < -0.39 is 5.97 Å². The van der Waals surface area contributed by atoms with Crippen molar-refractivity contribution in [2.24, 2.45) is 0 Å². The number of rotatable bonds is 2. The highest BCUT2D eigenvalue weighted by molar-refractivity contribution is 7.17. The summed E-state index contributed by atoms with van der Waals surface area (Å²) in [4.78, 5) is 26.8. The summed E-state index contributed by atoms with van der Waals surface area (Å²) in [6, 6.07) is 1.79. The van der Waals surface area contributed by atoms with Crippen molar-refractivity contribution in [3.8, 4) is 0 Å². The van der Waals surface area contributed by atoms with Gasteiger partial charge < -0.3 is 4.74 Å². The van der Waals surface area contributed by atoms with Crippen molar-refractivity contribution in [2.75, 3.05) is 7.11 Å². The van der Waals surface area contributed by atoms with Crippen molar-refractivity contribution in [3.05, 3.63) is 28.9 Å². The lowest BCUT2D eigenvalue weighted by atomic mass is 10.1. The Labute approximate surface area is 95.9 Å². The molecule has 0 aliphatic carbocycles. The SMILES string of the molecule is COC(=O)c1cnc(C(C)=O)c2ccsc12. The largest absolute Gasteiger partial charge is 0.465 e. The van der Waals surface area contributed by atoms with Gasteiger partial charge in [0.1, 0.15) is 5.69 Å². The zero-order chi connectivity index (χ0) is 11.7. The molecule has 0 bridgehead atoms. The molecule has 0 saturated carbocycles. The number of ether oxygens (including phenoxy) is 1. The number of ketones is 1. The molecule has 2 rings (SSSR count).